The molecule has 7 nitrogen and oxygen atoms in total. The van der Waals surface area contributed by atoms with Crippen molar-refractivity contribution in [3.63, 3.8) is 0 Å². The molecule has 0 radical (unpaired) electrons. The highest BCUT2D eigenvalue weighted by molar-refractivity contribution is 6.09. The fraction of sp³-hybridized carbons (Fsp3) is 0.450. The Kier molecular flexibility index (Phi) is 4.95. The molecule has 0 fully saturated rings. The van der Waals surface area contributed by atoms with Crippen LogP contribution in [0.25, 0.3) is 0 Å². The van der Waals surface area contributed by atoms with Crippen LogP contribution in [0.3, 0.4) is 0 Å². The number of carboxylic acid groups (broad SMARTS) is 1. The quantitative estimate of drug-likeness (QED) is 0.896. The van der Waals surface area contributed by atoms with Gasteiger partial charge in [-0.3, -0.25) is 14.4 Å². The van der Waals surface area contributed by atoms with E-state index < -0.39 is 6.09 Å². The Morgan fingerprint density at radius 2 is 1.78 bits per heavy atom. The molecule has 1 aliphatic heterocycles. The van der Waals surface area contributed by atoms with E-state index in [0.29, 0.717) is 30.0 Å². The molecule has 1 atom stereocenters. The van der Waals surface area contributed by atoms with Gasteiger partial charge in [-0.15, -0.1) is 0 Å². The van der Waals surface area contributed by atoms with E-state index in [4.69, 9.17) is 0 Å². The summed E-state index contributed by atoms with van der Waals surface area (Å²) in [6, 6.07) is 5.29. The summed E-state index contributed by atoms with van der Waals surface area (Å²) in [5.41, 5.74) is 4.58. The van der Waals surface area contributed by atoms with Crippen LogP contribution in [0.5, 0.6) is 0 Å². The van der Waals surface area contributed by atoms with Gasteiger partial charge < -0.3 is 10.0 Å². The largest absolute Gasteiger partial charge is 0.465 e. The second kappa shape index (κ2) is 7.06. The minimum atomic E-state index is -0.993. The monoisotopic (exact) mass is 370 g/mol. The first kappa shape index (κ1) is 18.9. The summed E-state index contributed by atoms with van der Waals surface area (Å²) in [5.74, 6) is -0.155. The topological polar surface area (TPSA) is 78.7 Å². The van der Waals surface area contributed by atoms with Gasteiger partial charge in [0.15, 0.2) is 0 Å². The second-order valence-electron chi connectivity index (χ2n) is 7.05. The summed E-state index contributed by atoms with van der Waals surface area (Å²) in [6.45, 7) is 8.18. The van der Waals surface area contributed by atoms with Crippen LogP contribution in [0.2, 0.25) is 0 Å². The van der Waals surface area contributed by atoms with E-state index in [0.717, 1.165) is 23.2 Å². The summed E-state index contributed by atoms with van der Waals surface area (Å²) >= 11 is 0. The highest BCUT2D eigenvalue weighted by Gasteiger charge is 2.37. The van der Waals surface area contributed by atoms with Crippen molar-refractivity contribution in [3.05, 3.63) is 40.7 Å². The minimum absolute atomic E-state index is 0.155. The predicted molar refractivity (Wildman–Crippen MR) is 105 cm³/mol. The van der Waals surface area contributed by atoms with Gasteiger partial charge in [0.25, 0.3) is 5.91 Å². The molecule has 1 aliphatic rings. The lowest BCUT2D eigenvalue weighted by Gasteiger charge is -2.41. The highest BCUT2D eigenvalue weighted by Crippen LogP contribution is 2.39. The number of aryl methyl sites for hydroxylation is 4. The number of anilines is 2. The molecular formula is C20H26N4O3. The van der Waals surface area contributed by atoms with Crippen LogP contribution in [-0.4, -0.2) is 39.5 Å². The molecule has 3 rings (SSSR count). The van der Waals surface area contributed by atoms with Crippen molar-refractivity contribution in [1.29, 1.82) is 0 Å². The number of nitrogens with zero attached hydrogens (tertiary/aromatic N) is 4. The third kappa shape index (κ3) is 3.18. The first-order chi connectivity index (χ1) is 12.8. The number of hydrogen-bond donors (Lipinski definition) is 1. The van der Waals surface area contributed by atoms with Crippen molar-refractivity contribution in [3.8, 4) is 0 Å². The summed E-state index contributed by atoms with van der Waals surface area (Å²) in [4.78, 5) is 28.4. The van der Waals surface area contributed by atoms with E-state index in [-0.39, 0.29) is 11.9 Å². The number of hydrogen-bond acceptors (Lipinski definition) is 3. The SMILES string of the molecule is CCc1cc(C(=O)N2CC(CC)N(C(=O)O)c3cc(C)c(C)cc32)n(C)n1. The average molecular weight is 370 g/mol. The Hall–Kier alpha value is -2.83. The maximum Gasteiger partial charge on any atom is 0.412 e. The molecule has 1 aromatic heterocycles. The standard InChI is InChI=1S/C20H26N4O3/c1-6-14-10-18(22(5)21-14)19(25)23-11-15(7-2)24(20(26)27)17-9-13(4)12(3)8-16(17)23/h8-10,15H,6-7,11H2,1-5H3,(H,26,27). The third-order valence-corrected chi connectivity index (χ3v) is 5.33. The average Bonchev–Trinajstić information content (AvgIpc) is 3.01. The zero-order valence-corrected chi connectivity index (χ0v) is 16.5. The lowest BCUT2D eigenvalue weighted by molar-refractivity contribution is 0.0973. The van der Waals surface area contributed by atoms with Gasteiger partial charge in [0.2, 0.25) is 0 Å². The molecule has 0 aliphatic carbocycles. The molecule has 1 aromatic carbocycles. The molecule has 0 saturated heterocycles. The Balaban J connectivity index is 2.14. The van der Waals surface area contributed by atoms with Crippen LogP contribution in [0, 0.1) is 13.8 Å². The predicted octanol–water partition coefficient (Wildman–Crippen LogP) is 3.52. The van der Waals surface area contributed by atoms with Gasteiger partial charge in [-0.05, 0) is 56.0 Å². The van der Waals surface area contributed by atoms with Crippen molar-refractivity contribution in [1.82, 2.24) is 9.78 Å². The van der Waals surface area contributed by atoms with Gasteiger partial charge >= 0.3 is 6.09 Å². The molecule has 2 aromatic rings. The van der Waals surface area contributed by atoms with E-state index in [1.54, 1.807) is 16.6 Å². The Morgan fingerprint density at radius 1 is 1.15 bits per heavy atom. The summed E-state index contributed by atoms with van der Waals surface area (Å²) in [5, 5.41) is 14.2. The van der Waals surface area contributed by atoms with Crippen LogP contribution in [0.4, 0.5) is 16.2 Å². The third-order valence-electron chi connectivity index (χ3n) is 5.33. The van der Waals surface area contributed by atoms with Crippen molar-refractivity contribution in [2.75, 3.05) is 16.3 Å². The molecule has 0 saturated carbocycles. The smallest absolute Gasteiger partial charge is 0.412 e. The maximum atomic E-state index is 13.3. The summed E-state index contributed by atoms with van der Waals surface area (Å²) < 4.78 is 1.60. The van der Waals surface area contributed by atoms with Gasteiger partial charge in [0.1, 0.15) is 5.69 Å². The Labute approximate surface area is 159 Å². The zero-order chi connectivity index (χ0) is 19.9. The van der Waals surface area contributed by atoms with E-state index in [1.165, 1.54) is 4.90 Å². The molecular weight excluding hydrogens is 344 g/mol. The molecule has 27 heavy (non-hydrogen) atoms. The molecule has 0 bridgehead atoms. The van der Waals surface area contributed by atoms with Crippen LogP contribution < -0.4 is 9.80 Å². The fourth-order valence-electron chi connectivity index (χ4n) is 3.58. The number of aromatic nitrogens is 2. The Morgan fingerprint density at radius 3 is 2.30 bits per heavy atom. The van der Waals surface area contributed by atoms with Gasteiger partial charge in [-0.25, -0.2) is 4.79 Å². The molecule has 1 N–H and O–H groups in total. The van der Waals surface area contributed by atoms with Crippen LogP contribution >= 0.6 is 0 Å². The van der Waals surface area contributed by atoms with E-state index in [9.17, 15) is 14.7 Å². The summed E-state index contributed by atoms with van der Waals surface area (Å²) in [7, 11) is 1.76. The van der Waals surface area contributed by atoms with E-state index in [2.05, 4.69) is 5.10 Å². The van der Waals surface area contributed by atoms with Crippen molar-refractivity contribution in [2.45, 2.75) is 46.6 Å². The minimum Gasteiger partial charge on any atom is -0.465 e. The van der Waals surface area contributed by atoms with Crippen molar-refractivity contribution in [2.24, 2.45) is 7.05 Å². The number of fused-ring (bicyclic) bond motifs is 1. The Bertz CT molecular complexity index is 903. The van der Waals surface area contributed by atoms with Crippen LogP contribution in [0.1, 0.15) is 47.6 Å². The normalized spacial score (nSPS) is 16.4. The molecule has 7 heteroatoms. The summed E-state index contributed by atoms with van der Waals surface area (Å²) in [6.07, 6.45) is 0.376. The maximum absolute atomic E-state index is 13.3. The van der Waals surface area contributed by atoms with Crippen LogP contribution in [0.15, 0.2) is 18.2 Å². The number of rotatable bonds is 3. The highest BCUT2D eigenvalue weighted by atomic mass is 16.4. The number of amides is 2. The second-order valence-corrected chi connectivity index (χ2v) is 7.05. The lowest BCUT2D eigenvalue weighted by Crippen LogP contribution is -2.53. The van der Waals surface area contributed by atoms with Gasteiger partial charge in [-0.2, -0.15) is 5.10 Å². The fourth-order valence-corrected chi connectivity index (χ4v) is 3.58. The first-order valence-electron chi connectivity index (χ1n) is 9.26. The van der Waals surface area contributed by atoms with E-state index >= 15 is 0 Å². The number of carbonyl (C=O) groups is 2. The molecule has 144 valence electrons. The molecule has 2 amide bonds. The first-order valence-corrected chi connectivity index (χ1v) is 9.26. The van der Waals surface area contributed by atoms with E-state index in [1.807, 2.05) is 45.9 Å². The number of carbonyl (C=O) groups excluding carboxylic acids is 1. The zero-order valence-electron chi connectivity index (χ0n) is 16.5. The van der Waals surface area contributed by atoms with Gasteiger partial charge in [-0.1, -0.05) is 13.8 Å². The van der Waals surface area contributed by atoms with Crippen LogP contribution in [-0.2, 0) is 13.5 Å². The molecule has 0 spiro atoms. The molecule has 2 heterocycles. The lowest BCUT2D eigenvalue weighted by atomic mass is 10.00. The van der Waals surface area contributed by atoms with Crippen molar-refractivity contribution >= 4 is 23.4 Å². The molecule has 1 unspecified atom stereocenters. The number of benzene rings is 1. The van der Waals surface area contributed by atoms with Gasteiger partial charge in [0, 0.05) is 13.6 Å². The van der Waals surface area contributed by atoms with Gasteiger partial charge in [0.05, 0.1) is 23.1 Å². The van der Waals surface area contributed by atoms with Crippen molar-refractivity contribution < 1.29 is 14.7 Å².